The van der Waals surface area contributed by atoms with Crippen molar-refractivity contribution in [3.8, 4) is 0 Å². The maximum Gasteiger partial charge on any atom is 0.272 e. The van der Waals surface area contributed by atoms with E-state index in [-0.39, 0.29) is 28.9 Å². The van der Waals surface area contributed by atoms with Gasteiger partial charge in [-0.1, -0.05) is 30.3 Å². The molecule has 0 spiro atoms. The van der Waals surface area contributed by atoms with Crippen molar-refractivity contribution in [2.75, 3.05) is 29.1 Å². The van der Waals surface area contributed by atoms with Gasteiger partial charge in [0.05, 0.1) is 10.6 Å². The third-order valence-electron chi connectivity index (χ3n) is 6.73. The lowest BCUT2D eigenvalue weighted by Gasteiger charge is -2.18. The molecule has 0 unspecified atom stereocenters. The van der Waals surface area contributed by atoms with E-state index in [1.165, 1.54) is 12.8 Å². The quantitative estimate of drug-likeness (QED) is 0.239. The Bertz CT molecular complexity index is 1550. The maximum atomic E-state index is 13.4. The third-order valence-corrected chi connectivity index (χ3v) is 8.44. The fourth-order valence-corrected chi connectivity index (χ4v) is 5.96. The summed E-state index contributed by atoms with van der Waals surface area (Å²) >= 11 is 0. The number of carbonyl (C=O) groups is 1. The molecule has 1 fully saturated rings. The summed E-state index contributed by atoms with van der Waals surface area (Å²) in [5, 5.41) is 11.5. The van der Waals surface area contributed by atoms with Crippen LogP contribution in [-0.4, -0.2) is 43.6 Å². The lowest BCUT2D eigenvalue weighted by atomic mass is 10.1. The zero-order valence-electron chi connectivity index (χ0n) is 20.4. The summed E-state index contributed by atoms with van der Waals surface area (Å²) in [5.74, 6) is -0.627. The second-order valence-electron chi connectivity index (χ2n) is 9.20. The van der Waals surface area contributed by atoms with Gasteiger partial charge in [0.2, 0.25) is 0 Å². The van der Waals surface area contributed by atoms with Gasteiger partial charge in [0, 0.05) is 47.5 Å². The molecule has 8 nitrogen and oxygen atoms in total. The summed E-state index contributed by atoms with van der Waals surface area (Å²) in [6, 6.07) is 23.0. The van der Waals surface area contributed by atoms with Gasteiger partial charge in [0.1, 0.15) is 11.5 Å². The Kier molecular flexibility index (Phi) is 6.71. The molecule has 1 aliphatic rings. The Hall–Kier alpha value is -4.11. The van der Waals surface area contributed by atoms with Crippen LogP contribution in [0.4, 0.5) is 11.4 Å². The Morgan fingerprint density at radius 1 is 0.946 bits per heavy atom. The molecule has 0 radical (unpaired) electrons. The second-order valence-corrected chi connectivity index (χ2v) is 11.3. The number of anilines is 2. The number of sulfone groups is 1. The van der Waals surface area contributed by atoms with E-state index in [1.54, 1.807) is 59.2 Å². The standard InChI is InChI=1S/C28H29N5O3S/c29-27(30)21-9-8-20-18-26(28(34)31-22-10-12-23(13-11-22)32-14-4-5-15-32)33(25(20)19-21)16-17-37(35,36)24-6-2-1-3-7-24/h1-3,6-13,18-19H,4-5,14-17H2,(H3,29,30)(H,31,34). The SMILES string of the molecule is N=C(N)c1ccc2cc(C(=O)Nc3ccc(N4CCCC4)cc3)n(CCS(=O)(=O)c3ccccc3)c2c1. The van der Waals surface area contributed by atoms with Crippen LogP contribution in [0.3, 0.4) is 0 Å². The van der Waals surface area contributed by atoms with Gasteiger partial charge in [-0.05, 0) is 61.4 Å². The van der Waals surface area contributed by atoms with Gasteiger partial charge in [0.25, 0.3) is 5.91 Å². The number of nitrogens with two attached hydrogens (primary N) is 1. The number of hydrogen-bond donors (Lipinski definition) is 3. The van der Waals surface area contributed by atoms with Crippen molar-refractivity contribution >= 4 is 43.9 Å². The third kappa shape index (κ3) is 5.22. The smallest absolute Gasteiger partial charge is 0.272 e. The van der Waals surface area contributed by atoms with E-state index in [0.29, 0.717) is 22.5 Å². The summed E-state index contributed by atoms with van der Waals surface area (Å²) in [7, 11) is -3.57. The molecule has 4 N–H and O–H groups in total. The minimum absolute atomic E-state index is 0.0682. The van der Waals surface area contributed by atoms with Crippen LogP contribution in [0.5, 0.6) is 0 Å². The molecule has 1 saturated heterocycles. The molecule has 1 aromatic heterocycles. The first-order valence-corrected chi connectivity index (χ1v) is 13.9. The lowest BCUT2D eigenvalue weighted by Crippen LogP contribution is -2.21. The zero-order valence-corrected chi connectivity index (χ0v) is 21.2. The van der Waals surface area contributed by atoms with Crippen molar-refractivity contribution in [1.82, 2.24) is 4.57 Å². The number of nitrogens with zero attached hydrogens (tertiary/aromatic N) is 2. The van der Waals surface area contributed by atoms with Crippen LogP contribution in [0, 0.1) is 5.41 Å². The van der Waals surface area contributed by atoms with Gasteiger partial charge in [0.15, 0.2) is 9.84 Å². The number of carbonyl (C=O) groups excluding carboxylic acids is 1. The Balaban J connectivity index is 1.45. The Labute approximate surface area is 216 Å². The van der Waals surface area contributed by atoms with E-state index in [1.807, 2.05) is 24.3 Å². The average molecular weight is 516 g/mol. The molecule has 5 rings (SSSR count). The number of aryl methyl sites for hydroxylation is 1. The molecule has 3 aromatic carbocycles. The number of amidine groups is 1. The molecule has 0 saturated carbocycles. The topological polar surface area (TPSA) is 121 Å². The van der Waals surface area contributed by atoms with E-state index in [2.05, 4.69) is 10.2 Å². The second kappa shape index (κ2) is 10.1. The highest BCUT2D eigenvalue weighted by Crippen LogP contribution is 2.25. The first-order chi connectivity index (χ1) is 17.8. The van der Waals surface area contributed by atoms with Crippen LogP contribution in [0.15, 0.2) is 83.8 Å². The van der Waals surface area contributed by atoms with Crippen LogP contribution >= 0.6 is 0 Å². The molecular weight excluding hydrogens is 486 g/mol. The molecule has 9 heteroatoms. The van der Waals surface area contributed by atoms with Gasteiger partial charge in [-0.15, -0.1) is 0 Å². The molecule has 0 bridgehead atoms. The summed E-state index contributed by atoms with van der Waals surface area (Å²) in [6.45, 7) is 2.15. The monoisotopic (exact) mass is 515 g/mol. The highest BCUT2D eigenvalue weighted by molar-refractivity contribution is 7.91. The predicted octanol–water partition coefficient (Wildman–Crippen LogP) is 4.25. The normalized spacial score (nSPS) is 13.7. The summed E-state index contributed by atoms with van der Waals surface area (Å²) in [4.78, 5) is 16.0. The van der Waals surface area contributed by atoms with Crippen molar-refractivity contribution in [2.24, 2.45) is 5.73 Å². The van der Waals surface area contributed by atoms with E-state index in [4.69, 9.17) is 11.1 Å². The Morgan fingerprint density at radius 2 is 1.65 bits per heavy atom. The van der Waals surface area contributed by atoms with E-state index in [9.17, 15) is 13.2 Å². The molecule has 1 aliphatic heterocycles. The van der Waals surface area contributed by atoms with Crippen LogP contribution < -0.4 is 16.0 Å². The molecular formula is C28H29N5O3S. The van der Waals surface area contributed by atoms with E-state index in [0.717, 1.165) is 24.2 Å². The van der Waals surface area contributed by atoms with Crippen molar-refractivity contribution in [2.45, 2.75) is 24.3 Å². The van der Waals surface area contributed by atoms with Gasteiger partial charge < -0.3 is 20.5 Å². The van der Waals surface area contributed by atoms with Crippen LogP contribution in [0.2, 0.25) is 0 Å². The molecule has 190 valence electrons. The van der Waals surface area contributed by atoms with Crippen molar-refractivity contribution < 1.29 is 13.2 Å². The number of hydrogen-bond acceptors (Lipinski definition) is 5. The summed E-state index contributed by atoms with van der Waals surface area (Å²) < 4.78 is 27.7. The number of fused-ring (bicyclic) bond motifs is 1. The minimum atomic E-state index is -3.57. The number of nitrogens with one attached hydrogen (secondary N) is 2. The molecule has 1 amide bonds. The van der Waals surface area contributed by atoms with Crippen molar-refractivity contribution in [1.29, 1.82) is 5.41 Å². The predicted molar refractivity (Wildman–Crippen MR) is 147 cm³/mol. The first-order valence-electron chi connectivity index (χ1n) is 12.2. The van der Waals surface area contributed by atoms with Crippen molar-refractivity contribution in [3.05, 3.63) is 90.1 Å². The maximum absolute atomic E-state index is 13.4. The zero-order chi connectivity index (χ0) is 26.0. The minimum Gasteiger partial charge on any atom is -0.384 e. The molecule has 37 heavy (non-hydrogen) atoms. The average Bonchev–Trinajstić information content (AvgIpc) is 3.56. The highest BCUT2D eigenvalue weighted by atomic mass is 32.2. The largest absolute Gasteiger partial charge is 0.384 e. The number of nitrogen functional groups attached to an aromatic ring is 1. The van der Waals surface area contributed by atoms with Crippen LogP contribution in [-0.2, 0) is 16.4 Å². The molecule has 4 aromatic rings. The fourth-order valence-electron chi connectivity index (χ4n) is 4.73. The summed E-state index contributed by atoms with van der Waals surface area (Å²) in [5.41, 5.74) is 8.97. The van der Waals surface area contributed by atoms with Gasteiger partial charge in [-0.3, -0.25) is 10.2 Å². The number of amides is 1. The van der Waals surface area contributed by atoms with Gasteiger partial charge in [-0.25, -0.2) is 8.42 Å². The van der Waals surface area contributed by atoms with Crippen LogP contribution in [0.25, 0.3) is 10.9 Å². The molecule has 2 heterocycles. The van der Waals surface area contributed by atoms with Gasteiger partial charge in [-0.2, -0.15) is 0 Å². The highest BCUT2D eigenvalue weighted by Gasteiger charge is 2.21. The van der Waals surface area contributed by atoms with E-state index < -0.39 is 9.84 Å². The summed E-state index contributed by atoms with van der Waals surface area (Å²) in [6.07, 6.45) is 2.38. The number of aromatic nitrogens is 1. The number of rotatable bonds is 8. The first kappa shape index (κ1) is 24.6. The molecule has 0 atom stereocenters. The van der Waals surface area contributed by atoms with Crippen LogP contribution in [0.1, 0.15) is 28.9 Å². The van der Waals surface area contributed by atoms with Gasteiger partial charge >= 0.3 is 0 Å². The fraction of sp³-hybridized carbons (Fsp3) is 0.214. The Morgan fingerprint density at radius 3 is 2.32 bits per heavy atom. The number of benzene rings is 3. The molecule has 0 aliphatic carbocycles. The van der Waals surface area contributed by atoms with Crippen molar-refractivity contribution in [3.63, 3.8) is 0 Å². The van der Waals surface area contributed by atoms with E-state index >= 15 is 0 Å². The lowest BCUT2D eigenvalue weighted by molar-refractivity contribution is 0.101.